The average molecular weight is 705 g/mol. The third-order valence-corrected chi connectivity index (χ3v) is 11.0. The molecule has 1 aliphatic rings. The molecule has 1 aliphatic carbocycles. The van der Waals surface area contributed by atoms with Crippen LogP contribution in [0.2, 0.25) is 0 Å². The van der Waals surface area contributed by atoms with Crippen LogP contribution in [0.4, 0.5) is 0 Å². The van der Waals surface area contributed by atoms with E-state index in [1.54, 1.807) is 0 Å². The Kier molecular flexibility index (Phi) is 7.77. The minimum atomic E-state index is -0.0878. The number of rotatable bonds is 6. The quantitative estimate of drug-likeness (QED) is 0.173. The van der Waals surface area contributed by atoms with Crippen LogP contribution in [-0.4, -0.2) is 19.9 Å². The van der Waals surface area contributed by atoms with Crippen molar-refractivity contribution in [2.45, 2.75) is 19.3 Å². The maximum Gasteiger partial charge on any atom is 0.165 e. The molecule has 0 N–H and O–H groups in total. The van der Waals surface area contributed by atoms with Crippen molar-refractivity contribution in [1.29, 1.82) is 0 Å². The lowest BCUT2D eigenvalue weighted by Crippen LogP contribution is -2.14. The van der Waals surface area contributed by atoms with Crippen LogP contribution >= 0.6 is 0 Å². The lowest BCUT2D eigenvalue weighted by atomic mass is 9.81. The molecule has 0 spiro atoms. The predicted molar refractivity (Wildman–Crippen MR) is 225 cm³/mol. The van der Waals surface area contributed by atoms with Gasteiger partial charge in [-0.05, 0) is 73.5 Å². The van der Waals surface area contributed by atoms with Gasteiger partial charge < -0.3 is 0 Å². The molecule has 10 rings (SSSR count). The first-order valence-corrected chi connectivity index (χ1v) is 18.7. The Bertz CT molecular complexity index is 2860. The Balaban J connectivity index is 1.02. The van der Waals surface area contributed by atoms with Gasteiger partial charge in [-0.25, -0.2) is 15.0 Å². The fraction of sp³-hybridized carbons (Fsp3) is 0.0588. The van der Waals surface area contributed by atoms with Crippen LogP contribution in [0.1, 0.15) is 25.0 Å². The zero-order chi connectivity index (χ0) is 36.9. The highest BCUT2D eigenvalue weighted by molar-refractivity contribution is 6.06. The van der Waals surface area contributed by atoms with Gasteiger partial charge >= 0.3 is 0 Å². The highest BCUT2D eigenvalue weighted by Crippen LogP contribution is 2.54. The molecule has 0 amide bonds. The fourth-order valence-corrected chi connectivity index (χ4v) is 8.12. The van der Waals surface area contributed by atoms with E-state index < -0.39 is 0 Å². The summed E-state index contributed by atoms with van der Waals surface area (Å²) in [6.07, 6.45) is 1.84. The molecule has 9 aromatic rings. The number of benzene rings is 7. The summed E-state index contributed by atoms with van der Waals surface area (Å²) in [5, 5.41) is 2.58. The number of fused-ring (bicyclic) bond motifs is 5. The minimum Gasteiger partial charge on any atom is -0.255 e. The summed E-state index contributed by atoms with van der Waals surface area (Å²) in [4.78, 5) is 19.6. The SMILES string of the molecule is CC1(C)c2cccc(-c3cccc(-c4ccc(-c5nc(-c6ccccc6)nc(-c6ccc(-c7ccccc7)nc6)n5)cc4)c3)c2-c2c1ccc1ccccc21. The van der Waals surface area contributed by atoms with Gasteiger partial charge in [0.05, 0.1) is 5.69 Å². The van der Waals surface area contributed by atoms with Gasteiger partial charge in [-0.15, -0.1) is 0 Å². The molecule has 0 saturated heterocycles. The summed E-state index contributed by atoms with van der Waals surface area (Å²) in [6, 6.07) is 61.9. The Morgan fingerprint density at radius 3 is 1.67 bits per heavy atom. The topological polar surface area (TPSA) is 51.6 Å². The number of pyridine rings is 1. The molecule has 0 radical (unpaired) electrons. The van der Waals surface area contributed by atoms with E-state index in [0.717, 1.165) is 39.1 Å². The van der Waals surface area contributed by atoms with Gasteiger partial charge in [-0.2, -0.15) is 0 Å². The molecular formula is C51H36N4. The standard InChI is InChI=1S/C51H36N4/c1-51(2)43-22-12-21-42(47(43)46-41-20-10-9-13-34(41)27-29-44(46)51)39-19-11-18-38(31-39)33-23-25-37(26-24-33)49-53-48(36-16-7-4-8-17-36)54-50(55-49)40-28-30-45(52-32-40)35-14-5-3-6-15-35/h3-32H,1-2H3. The van der Waals surface area contributed by atoms with Crippen LogP contribution in [0.3, 0.4) is 0 Å². The molecule has 4 nitrogen and oxygen atoms in total. The van der Waals surface area contributed by atoms with Gasteiger partial charge in [0.25, 0.3) is 0 Å². The van der Waals surface area contributed by atoms with E-state index in [2.05, 4.69) is 129 Å². The Hall–Kier alpha value is -7.04. The van der Waals surface area contributed by atoms with Gasteiger partial charge in [0.15, 0.2) is 17.5 Å². The highest BCUT2D eigenvalue weighted by atomic mass is 15.0. The maximum atomic E-state index is 4.98. The normalized spacial score (nSPS) is 12.7. The third kappa shape index (κ3) is 5.71. The van der Waals surface area contributed by atoms with Crippen LogP contribution in [0.5, 0.6) is 0 Å². The zero-order valence-electron chi connectivity index (χ0n) is 30.6. The van der Waals surface area contributed by atoms with Crippen molar-refractivity contribution in [1.82, 2.24) is 19.9 Å². The lowest BCUT2D eigenvalue weighted by molar-refractivity contribution is 0.661. The number of hydrogen-bond acceptors (Lipinski definition) is 4. The first kappa shape index (κ1) is 32.6. The molecule has 0 fully saturated rings. The maximum absolute atomic E-state index is 4.98. The molecular weight excluding hydrogens is 669 g/mol. The zero-order valence-corrected chi connectivity index (χ0v) is 30.6. The van der Waals surface area contributed by atoms with E-state index >= 15 is 0 Å². The van der Waals surface area contributed by atoms with E-state index in [9.17, 15) is 0 Å². The molecule has 7 aromatic carbocycles. The Morgan fingerprint density at radius 2 is 0.945 bits per heavy atom. The predicted octanol–water partition coefficient (Wildman–Crippen LogP) is 12.7. The summed E-state index contributed by atoms with van der Waals surface area (Å²) in [5.41, 5.74) is 14.8. The molecule has 55 heavy (non-hydrogen) atoms. The van der Waals surface area contributed by atoms with Crippen LogP contribution in [0.25, 0.3) is 89.6 Å². The van der Waals surface area contributed by atoms with E-state index in [1.807, 2.05) is 66.9 Å². The van der Waals surface area contributed by atoms with Crippen LogP contribution in [-0.2, 0) is 5.41 Å². The van der Waals surface area contributed by atoms with Crippen molar-refractivity contribution in [2.75, 3.05) is 0 Å². The molecule has 2 heterocycles. The summed E-state index contributed by atoms with van der Waals surface area (Å²) in [6.45, 7) is 4.70. The van der Waals surface area contributed by atoms with Crippen LogP contribution in [0.15, 0.2) is 182 Å². The Morgan fingerprint density at radius 1 is 0.382 bits per heavy atom. The van der Waals surface area contributed by atoms with Gasteiger partial charge in [0, 0.05) is 33.9 Å². The first-order valence-electron chi connectivity index (χ1n) is 18.7. The molecule has 0 aliphatic heterocycles. The number of nitrogens with zero attached hydrogens (tertiary/aromatic N) is 4. The number of aromatic nitrogens is 4. The monoisotopic (exact) mass is 704 g/mol. The summed E-state index contributed by atoms with van der Waals surface area (Å²) < 4.78 is 0. The molecule has 260 valence electrons. The molecule has 4 heteroatoms. The molecule has 0 bridgehead atoms. The third-order valence-electron chi connectivity index (χ3n) is 11.0. The summed E-state index contributed by atoms with van der Waals surface area (Å²) in [7, 11) is 0. The lowest BCUT2D eigenvalue weighted by Gasteiger charge is -2.21. The number of hydrogen-bond donors (Lipinski definition) is 0. The molecule has 0 saturated carbocycles. The first-order chi connectivity index (χ1) is 27.0. The highest BCUT2D eigenvalue weighted by Gasteiger charge is 2.37. The Labute approximate surface area is 320 Å². The van der Waals surface area contributed by atoms with Crippen molar-refractivity contribution >= 4 is 10.8 Å². The van der Waals surface area contributed by atoms with E-state index in [1.165, 1.54) is 44.2 Å². The smallest absolute Gasteiger partial charge is 0.165 e. The summed E-state index contributed by atoms with van der Waals surface area (Å²) >= 11 is 0. The van der Waals surface area contributed by atoms with E-state index in [4.69, 9.17) is 19.9 Å². The molecule has 0 unspecified atom stereocenters. The van der Waals surface area contributed by atoms with E-state index in [0.29, 0.717) is 17.5 Å². The molecule has 0 atom stereocenters. The van der Waals surface area contributed by atoms with Crippen LogP contribution < -0.4 is 0 Å². The van der Waals surface area contributed by atoms with Gasteiger partial charge in [-0.3, -0.25) is 4.98 Å². The minimum absolute atomic E-state index is 0.0878. The van der Waals surface area contributed by atoms with Gasteiger partial charge in [0.2, 0.25) is 0 Å². The molecule has 2 aromatic heterocycles. The van der Waals surface area contributed by atoms with Crippen LogP contribution in [0, 0.1) is 0 Å². The van der Waals surface area contributed by atoms with E-state index in [-0.39, 0.29) is 5.41 Å². The van der Waals surface area contributed by atoms with Crippen molar-refractivity contribution in [3.63, 3.8) is 0 Å². The van der Waals surface area contributed by atoms with Crippen molar-refractivity contribution in [2.24, 2.45) is 0 Å². The second-order valence-electron chi connectivity index (χ2n) is 14.7. The fourth-order valence-electron chi connectivity index (χ4n) is 8.12. The van der Waals surface area contributed by atoms with Gasteiger partial charge in [-0.1, -0.05) is 172 Å². The van der Waals surface area contributed by atoms with Crippen molar-refractivity contribution < 1.29 is 0 Å². The summed E-state index contributed by atoms with van der Waals surface area (Å²) in [5.74, 6) is 1.82. The van der Waals surface area contributed by atoms with Crippen molar-refractivity contribution in [3.05, 3.63) is 193 Å². The average Bonchev–Trinajstić information content (AvgIpc) is 3.50. The second-order valence-corrected chi connectivity index (χ2v) is 14.7. The second kappa shape index (κ2) is 13.1. The van der Waals surface area contributed by atoms with Crippen molar-refractivity contribution in [3.8, 4) is 78.8 Å². The van der Waals surface area contributed by atoms with Gasteiger partial charge in [0.1, 0.15) is 0 Å². The largest absolute Gasteiger partial charge is 0.255 e.